The van der Waals surface area contributed by atoms with E-state index in [1.165, 1.54) is 11.3 Å². The SMILES string of the molecule is O=C(COc1cccc2ccccc12)Nc1ccc(N2CCN(C(=O)c3cccs3)CC2)c(Cl)c1. The summed E-state index contributed by atoms with van der Waals surface area (Å²) in [6.07, 6.45) is 0. The third kappa shape index (κ3) is 5.26. The minimum atomic E-state index is -0.262. The number of nitrogens with one attached hydrogen (secondary N) is 1. The van der Waals surface area contributed by atoms with Crippen LogP contribution < -0.4 is 15.0 Å². The molecule has 4 aromatic rings. The van der Waals surface area contributed by atoms with E-state index in [0.717, 1.165) is 21.3 Å². The molecule has 0 spiro atoms. The molecule has 2 heterocycles. The number of hydrogen-bond acceptors (Lipinski definition) is 5. The number of anilines is 2. The lowest BCUT2D eigenvalue weighted by atomic mass is 10.1. The second kappa shape index (κ2) is 10.4. The lowest BCUT2D eigenvalue weighted by molar-refractivity contribution is -0.118. The number of carbonyl (C=O) groups is 2. The smallest absolute Gasteiger partial charge is 0.264 e. The number of ether oxygens (including phenoxy) is 1. The Labute approximate surface area is 212 Å². The maximum absolute atomic E-state index is 12.6. The highest BCUT2D eigenvalue weighted by Gasteiger charge is 2.24. The van der Waals surface area contributed by atoms with E-state index in [-0.39, 0.29) is 18.4 Å². The van der Waals surface area contributed by atoms with Gasteiger partial charge in [-0.15, -0.1) is 11.3 Å². The number of benzene rings is 3. The van der Waals surface area contributed by atoms with Gasteiger partial charge in [0.05, 0.1) is 15.6 Å². The van der Waals surface area contributed by atoms with Crippen molar-refractivity contribution < 1.29 is 14.3 Å². The van der Waals surface area contributed by atoms with Crippen LogP contribution in [0.1, 0.15) is 9.67 Å². The van der Waals surface area contributed by atoms with Gasteiger partial charge in [0.2, 0.25) is 0 Å². The average molecular weight is 506 g/mol. The fourth-order valence-corrected chi connectivity index (χ4v) is 5.20. The van der Waals surface area contributed by atoms with Crippen molar-refractivity contribution in [1.82, 2.24) is 4.90 Å². The minimum Gasteiger partial charge on any atom is -0.483 e. The van der Waals surface area contributed by atoms with Crippen LogP contribution in [0.15, 0.2) is 78.2 Å². The summed E-state index contributed by atoms with van der Waals surface area (Å²) in [5, 5.41) is 7.34. The lowest BCUT2D eigenvalue weighted by Crippen LogP contribution is -2.48. The van der Waals surface area contributed by atoms with Crippen LogP contribution in [0.2, 0.25) is 5.02 Å². The summed E-state index contributed by atoms with van der Waals surface area (Å²) >= 11 is 8.03. The highest BCUT2D eigenvalue weighted by molar-refractivity contribution is 7.12. The van der Waals surface area contributed by atoms with Crippen LogP contribution in [-0.4, -0.2) is 49.5 Å². The van der Waals surface area contributed by atoms with Crippen molar-refractivity contribution in [2.45, 2.75) is 0 Å². The summed E-state index contributed by atoms with van der Waals surface area (Å²) in [6.45, 7) is 2.56. The number of halogens is 1. The van der Waals surface area contributed by atoms with E-state index in [2.05, 4.69) is 10.2 Å². The van der Waals surface area contributed by atoms with Gasteiger partial charge in [0.25, 0.3) is 11.8 Å². The summed E-state index contributed by atoms with van der Waals surface area (Å²) < 4.78 is 5.77. The van der Waals surface area contributed by atoms with Crippen LogP contribution >= 0.6 is 22.9 Å². The number of rotatable bonds is 6. The zero-order valence-corrected chi connectivity index (χ0v) is 20.5. The molecule has 0 bridgehead atoms. The summed E-state index contributed by atoms with van der Waals surface area (Å²) in [5.41, 5.74) is 1.50. The number of nitrogens with zero attached hydrogens (tertiary/aromatic N) is 2. The highest BCUT2D eigenvalue weighted by atomic mass is 35.5. The van der Waals surface area contributed by atoms with Crippen LogP contribution in [-0.2, 0) is 4.79 Å². The Hall–Kier alpha value is -3.55. The summed E-state index contributed by atoms with van der Waals surface area (Å²) in [4.78, 5) is 29.9. The molecule has 35 heavy (non-hydrogen) atoms. The first-order valence-corrected chi connectivity index (χ1v) is 12.6. The third-order valence-electron chi connectivity index (χ3n) is 5.98. The maximum Gasteiger partial charge on any atom is 0.264 e. The number of hydrogen-bond donors (Lipinski definition) is 1. The molecule has 1 aliphatic heterocycles. The molecule has 1 aliphatic rings. The van der Waals surface area contributed by atoms with Crippen molar-refractivity contribution in [1.29, 1.82) is 0 Å². The normalized spacial score (nSPS) is 13.6. The molecular formula is C27H24ClN3O3S. The molecule has 1 fully saturated rings. The number of piperazine rings is 1. The van der Waals surface area contributed by atoms with Crippen molar-refractivity contribution in [2.75, 3.05) is 43.0 Å². The van der Waals surface area contributed by atoms with E-state index in [4.69, 9.17) is 16.3 Å². The quantitative estimate of drug-likeness (QED) is 0.374. The number of carbonyl (C=O) groups excluding carboxylic acids is 2. The summed E-state index contributed by atoms with van der Waals surface area (Å²) in [6, 6.07) is 22.9. The van der Waals surface area contributed by atoms with Gasteiger partial charge in [-0.25, -0.2) is 0 Å². The van der Waals surface area contributed by atoms with Gasteiger partial charge >= 0.3 is 0 Å². The van der Waals surface area contributed by atoms with Crippen molar-refractivity contribution in [3.8, 4) is 5.75 Å². The second-order valence-corrected chi connectivity index (χ2v) is 9.59. The van der Waals surface area contributed by atoms with E-state index >= 15 is 0 Å². The van der Waals surface area contributed by atoms with Gasteiger partial charge < -0.3 is 19.9 Å². The van der Waals surface area contributed by atoms with Crippen molar-refractivity contribution in [3.05, 3.63) is 88.1 Å². The topological polar surface area (TPSA) is 61.9 Å². The minimum absolute atomic E-state index is 0.0783. The summed E-state index contributed by atoms with van der Waals surface area (Å²) in [5.74, 6) is 0.486. The van der Waals surface area contributed by atoms with Crippen molar-refractivity contribution in [2.24, 2.45) is 0 Å². The van der Waals surface area contributed by atoms with Crippen LogP contribution in [0.5, 0.6) is 5.75 Å². The largest absolute Gasteiger partial charge is 0.483 e. The van der Waals surface area contributed by atoms with Crippen LogP contribution in [0.3, 0.4) is 0 Å². The zero-order chi connectivity index (χ0) is 24.2. The van der Waals surface area contributed by atoms with E-state index in [1.54, 1.807) is 6.07 Å². The molecule has 1 aromatic heterocycles. The highest BCUT2D eigenvalue weighted by Crippen LogP contribution is 2.30. The second-order valence-electron chi connectivity index (χ2n) is 8.24. The number of thiophene rings is 1. The van der Waals surface area contributed by atoms with Crippen molar-refractivity contribution >= 4 is 56.9 Å². The fraction of sp³-hybridized carbons (Fsp3) is 0.185. The van der Waals surface area contributed by atoms with E-state index in [1.807, 2.05) is 77.0 Å². The number of amides is 2. The number of fused-ring (bicyclic) bond motifs is 1. The molecule has 178 valence electrons. The molecule has 6 nitrogen and oxygen atoms in total. The van der Waals surface area contributed by atoms with Crippen LogP contribution in [0.25, 0.3) is 10.8 Å². The van der Waals surface area contributed by atoms with Crippen LogP contribution in [0.4, 0.5) is 11.4 Å². The van der Waals surface area contributed by atoms with E-state index < -0.39 is 0 Å². The van der Waals surface area contributed by atoms with Gasteiger partial charge in [0.15, 0.2) is 6.61 Å². The Bertz CT molecular complexity index is 1350. The van der Waals surface area contributed by atoms with Gasteiger partial charge in [0, 0.05) is 37.3 Å². The van der Waals surface area contributed by atoms with Crippen LogP contribution in [0, 0.1) is 0 Å². The molecule has 0 radical (unpaired) electrons. The fourth-order valence-electron chi connectivity index (χ4n) is 4.21. The molecule has 1 N–H and O–H groups in total. The molecule has 0 atom stereocenters. The zero-order valence-electron chi connectivity index (χ0n) is 18.9. The third-order valence-corrected chi connectivity index (χ3v) is 7.14. The lowest BCUT2D eigenvalue weighted by Gasteiger charge is -2.36. The molecule has 5 rings (SSSR count). The van der Waals surface area contributed by atoms with Gasteiger partial charge in [-0.05, 0) is 41.1 Å². The molecule has 3 aromatic carbocycles. The first kappa shape index (κ1) is 23.2. The molecule has 2 amide bonds. The monoisotopic (exact) mass is 505 g/mol. The Morgan fingerprint density at radius 1 is 0.943 bits per heavy atom. The molecule has 1 saturated heterocycles. The summed E-state index contributed by atoms with van der Waals surface area (Å²) in [7, 11) is 0. The van der Waals surface area contributed by atoms with Gasteiger partial charge in [0.1, 0.15) is 5.75 Å². The maximum atomic E-state index is 12.6. The van der Waals surface area contributed by atoms with E-state index in [0.29, 0.717) is 42.6 Å². The average Bonchev–Trinajstić information content (AvgIpc) is 3.42. The van der Waals surface area contributed by atoms with E-state index in [9.17, 15) is 9.59 Å². The first-order chi connectivity index (χ1) is 17.1. The Kier molecular flexibility index (Phi) is 6.88. The molecule has 0 saturated carbocycles. The Morgan fingerprint density at radius 3 is 2.51 bits per heavy atom. The Balaban J connectivity index is 1.16. The molecular weight excluding hydrogens is 482 g/mol. The predicted octanol–water partition coefficient (Wildman–Crippen LogP) is 5.53. The Morgan fingerprint density at radius 2 is 1.74 bits per heavy atom. The van der Waals surface area contributed by atoms with Gasteiger partial charge in [-0.3, -0.25) is 9.59 Å². The molecule has 0 unspecified atom stereocenters. The first-order valence-electron chi connectivity index (χ1n) is 11.4. The standard InChI is InChI=1S/C27H24ClN3O3S/c28-22-17-20(29-26(32)18-34-24-8-3-6-19-5-1-2-7-21(19)24)10-11-23(22)30-12-14-31(15-13-30)27(33)25-9-4-16-35-25/h1-11,16-17H,12-15,18H2,(H,29,32). The predicted molar refractivity (Wildman–Crippen MR) is 142 cm³/mol. The van der Waals surface area contributed by atoms with Gasteiger partial charge in [-0.2, -0.15) is 0 Å². The molecule has 8 heteroatoms. The van der Waals surface area contributed by atoms with Crippen molar-refractivity contribution in [3.63, 3.8) is 0 Å². The molecule has 0 aliphatic carbocycles. The van der Waals surface area contributed by atoms with Gasteiger partial charge in [-0.1, -0.05) is 54.1 Å².